The number of hydrogen-bond donors (Lipinski definition) is 3. The number of carbonyl (C=O) groups is 1. The molecule has 0 bridgehead atoms. The summed E-state index contributed by atoms with van der Waals surface area (Å²) in [5, 5.41) is 8.49. The van der Waals surface area contributed by atoms with Gasteiger partial charge in [-0.25, -0.2) is 4.79 Å². The molecular formula is C29H39FO5S2. The van der Waals surface area contributed by atoms with Crippen LogP contribution in [0.1, 0.15) is 82.8 Å². The summed E-state index contributed by atoms with van der Waals surface area (Å²) >= 11 is 1.38. The topological polar surface area (TPSA) is 87.0 Å². The molecule has 5 nitrogen and oxygen atoms in total. The number of hydrogen-bond acceptors (Lipinski definition) is 5. The molecule has 2 aromatic carbocycles. The van der Waals surface area contributed by atoms with Crippen LogP contribution in [0.3, 0.4) is 0 Å². The van der Waals surface area contributed by atoms with Gasteiger partial charge in [0, 0.05) is 12.0 Å². The van der Waals surface area contributed by atoms with Gasteiger partial charge < -0.3 is 9.84 Å². The van der Waals surface area contributed by atoms with E-state index >= 15 is 0 Å². The number of fused-ring (bicyclic) bond motifs is 1. The van der Waals surface area contributed by atoms with Gasteiger partial charge in [-0.2, -0.15) is 15.0 Å². The average Bonchev–Trinajstić information content (AvgIpc) is 2.97. The van der Waals surface area contributed by atoms with Crippen LogP contribution in [0, 0.1) is 5.41 Å². The van der Waals surface area contributed by atoms with Crippen LogP contribution in [-0.4, -0.2) is 31.7 Å². The summed E-state index contributed by atoms with van der Waals surface area (Å²) in [6.07, 6.45) is 9.08. The lowest BCUT2D eigenvalue weighted by Gasteiger charge is -2.49. The minimum atomic E-state index is -3.29. The van der Waals surface area contributed by atoms with Crippen LogP contribution in [-0.2, 0) is 4.79 Å². The third kappa shape index (κ3) is 6.36. The Bertz CT molecular complexity index is 1090. The quantitative estimate of drug-likeness (QED) is 0.147. The van der Waals surface area contributed by atoms with E-state index in [-0.39, 0.29) is 17.1 Å². The second-order valence-electron chi connectivity index (χ2n) is 9.90. The van der Waals surface area contributed by atoms with Crippen molar-refractivity contribution in [1.29, 1.82) is 0 Å². The van der Waals surface area contributed by atoms with Gasteiger partial charge in [-0.15, -0.1) is 11.8 Å². The summed E-state index contributed by atoms with van der Waals surface area (Å²) in [6, 6.07) is 13.7. The Morgan fingerprint density at radius 2 is 1.78 bits per heavy atom. The Hall–Kier alpha value is -2.00. The van der Waals surface area contributed by atoms with Crippen LogP contribution in [0.4, 0.5) is 4.39 Å². The van der Waals surface area contributed by atoms with Crippen LogP contribution in [0.15, 0.2) is 64.3 Å². The Kier molecular flexibility index (Phi) is 10.1. The second-order valence-corrected chi connectivity index (χ2v) is 13.1. The zero-order valence-corrected chi connectivity index (χ0v) is 23.7. The Morgan fingerprint density at radius 3 is 2.32 bits per heavy atom. The molecule has 0 radical (unpaired) electrons. The number of carboxylic acid groups (broad SMARTS) is 1. The van der Waals surface area contributed by atoms with Crippen molar-refractivity contribution < 1.29 is 28.1 Å². The fraction of sp³-hybridized carbons (Fsp3) is 0.483. The zero-order chi connectivity index (χ0) is 27.2. The number of aliphatic carboxylic acids is 1. The minimum Gasteiger partial charge on any atom is -0.476 e. The number of halogens is 1. The molecule has 37 heavy (non-hydrogen) atoms. The highest BCUT2D eigenvalue weighted by Gasteiger charge is 2.48. The Balaban J connectivity index is 2.28. The minimum absolute atomic E-state index is 0.0627. The number of benzene rings is 2. The molecule has 3 rings (SSSR count). The molecule has 2 atom stereocenters. The standard InChI is InChI=1S/C29H39FO5S2/c1-5-7-14-29(15-8-6-2)18-23(21-12-10-9-11-13-21)22-16-26(36-4)25(35-19-24(30)28(31)32)17-27(22)37(33,34)20(29)3/h9-13,16-17,19-20,23,33-34H,5-8,14-15,18H2,1-4H3,(H,31,32). The van der Waals surface area contributed by atoms with Crippen molar-refractivity contribution in [3.63, 3.8) is 0 Å². The maximum atomic E-state index is 13.7. The molecule has 0 aromatic heterocycles. The highest BCUT2D eigenvalue weighted by molar-refractivity contribution is 8.25. The van der Waals surface area contributed by atoms with Gasteiger partial charge in [0.2, 0.25) is 5.83 Å². The van der Waals surface area contributed by atoms with E-state index in [9.17, 15) is 18.3 Å². The summed E-state index contributed by atoms with van der Waals surface area (Å²) in [5.74, 6) is -3.01. The van der Waals surface area contributed by atoms with Crippen LogP contribution < -0.4 is 4.74 Å². The van der Waals surface area contributed by atoms with Gasteiger partial charge in [0.15, 0.2) is 0 Å². The van der Waals surface area contributed by atoms with Crippen molar-refractivity contribution in [1.82, 2.24) is 0 Å². The summed E-state index contributed by atoms with van der Waals surface area (Å²) in [6.45, 7) is 6.29. The number of carboxylic acids is 1. The molecule has 0 spiro atoms. The van der Waals surface area contributed by atoms with Crippen LogP contribution in [0.2, 0.25) is 0 Å². The molecule has 0 fully saturated rings. The lowest BCUT2D eigenvalue weighted by molar-refractivity contribution is -0.134. The molecule has 1 aliphatic rings. The molecular weight excluding hydrogens is 511 g/mol. The molecule has 0 amide bonds. The van der Waals surface area contributed by atoms with Crippen molar-refractivity contribution >= 4 is 28.3 Å². The molecule has 0 saturated heterocycles. The predicted molar refractivity (Wildman–Crippen MR) is 151 cm³/mol. The van der Waals surface area contributed by atoms with Gasteiger partial charge >= 0.3 is 5.97 Å². The molecule has 204 valence electrons. The average molecular weight is 551 g/mol. The summed E-state index contributed by atoms with van der Waals surface area (Å²) in [7, 11) is -3.29. The number of thioether (sulfide) groups is 1. The SMILES string of the molecule is CCCCC1(CCCC)CC(c2ccccc2)c2cc(SC)c(OC=C(F)C(=O)O)cc2S(O)(O)C1C. The maximum Gasteiger partial charge on any atom is 0.368 e. The van der Waals surface area contributed by atoms with Gasteiger partial charge in [0.1, 0.15) is 12.0 Å². The summed E-state index contributed by atoms with van der Waals surface area (Å²) < 4.78 is 43.0. The monoisotopic (exact) mass is 550 g/mol. The van der Waals surface area contributed by atoms with Crippen molar-refractivity contribution in [2.75, 3.05) is 6.26 Å². The second kappa shape index (κ2) is 12.7. The van der Waals surface area contributed by atoms with Gasteiger partial charge in [0.25, 0.3) is 0 Å². The first kappa shape index (κ1) is 29.6. The smallest absolute Gasteiger partial charge is 0.368 e. The van der Waals surface area contributed by atoms with Crippen molar-refractivity contribution in [3.05, 3.63) is 65.7 Å². The number of ether oxygens (including phenoxy) is 1. The normalized spacial score (nSPS) is 21.5. The molecule has 2 aromatic rings. The molecule has 0 aliphatic carbocycles. The first-order valence-electron chi connectivity index (χ1n) is 12.9. The third-order valence-corrected chi connectivity index (χ3v) is 11.0. The van der Waals surface area contributed by atoms with Crippen molar-refractivity contribution in [3.8, 4) is 5.75 Å². The van der Waals surface area contributed by atoms with Gasteiger partial charge in [-0.3, -0.25) is 9.11 Å². The molecule has 3 N–H and O–H groups in total. The Morgan fingerprint density at radius 1 is 1.16 bits per heavy atom. The first-order chi connectivity index (χ1) is 17.6. The fourth-order valence-electron chi connectivity index (χ4n) is 5.50. The van der Waals surface area contributed by atoms with Gasteiger partial charge in [-0.05, 0) is 55.1 Å². The van der Waals surface area contributed by atoms with E-state index in [0.29, 0.717) is 16.1 Å². The van der Waals surface area contributed by atoms with E-state index in [1.165, 1.54) is 11.8 Å². The van der Waals surface area contributed by atoms with E-state index in [0.717, 1.165) is 56.1 Å². The fourth-order valence-corrected chi connectivity index (χ4v) is 8.30. The largest absolute Gasteiger partial charge is 0.476 e. The molecule has 8 heteroatoms. The van der Waals surface area contributed by atoms with E-state index < -0.39 is 27.6 Å². The summed E-state index contributed by atoms with van der Waals surface area (Å²) in [5.41, 5.74) is 1.68. The van der Waals surface area contributed by atoms with E-state index in [2.05, 4.69) is 26.0 Å². The highest BCUT2D eigenvalue weighted by atomic mass is 32.3. The van der Waals surface area contributed by atoms with Crippen LogP contribution in [0.25, 0.3) is 0 Å². The lowest BCUT2D eigenvalue weighted by Crippen LogP contribution is -2.37. The summed E-state index contributed by atoms with van der Waals surface area (Å²) in [4.78, 5) is 12.0. The molecule has 2 unspecified atom stereocenters. The van der Waals surface area contributed by atoms with Crippen LogP contribution in [0.5, 0.6) is 5.75 Å². The van der Waals surface area contributed by atoms with Gasteiger partial charge in [-0.1, -0.05) is 69.9 Å². The van der Waals surface area contributed by atoms with E-state index in [1.54, 1.807) is 6.07 Å². The highest BCUT2D eigenvalue weighted by Crippen LogP contribution is 2.67. The lowest BCUT2D eigenvalue weighted by atomic mass is 9.67. The number of unbranched alkanes of at least 4 members (excludes halogenated alkanes) is 2. The van der Waals surface area contributed by atoms with Crippen LogP contribution >= 0.6 is 22.4 Å². The first-order valence-corrected chi connectivity index (χ1v) is 15.7. The predicted octanol–water partition coefficient (Wildman–Crippen LogP) is 9.08. The molecule has 1 aliphatic heterocycles. The van der Waals surface area contributed by atoms with E-state index in [1.807, 2.05) is 37.4 Å². The molecule has 1 heterocycles. The van der Waals surface area contributed by atoms with E-state index in [4.69, 9.17) is 9.84 Å². The zero-order valence-electron chi connectivity index (χ0n) is 22.1. The Labute approximate surface area is 225 Å². The number of rotatable bonds is 11. The molecule has 0 saturated carbocycles. The van der Waals surface area contributed by atoms with Gasteiger partial charge in [0.05, 0.1) is 15.0 Å². The third-order valence-electron chi connectivity index (χ3n) is 7.71. The van der Waals surface area contributed by atoms with Crippen molar-refractivity contribution in [2.45, 2.75) is 86.7 Å². The maximum absolute atomic E-state index is 13.7. The van der Waals surface area contributed by atoms with Crippen molar-refractivity contribution in [2.24, 2.45) is 5.41 Å².